The van der Waals surface area contributed by atoms with Gasteiger partial charge in [-0.25, -0.2) is 23.1 Å². The van der Waals surface area contributed by atoms with Crippen molar-refractivity contribution in [2.75, 3.05) is 0 Å². The molecule has 0 saturated carbocycles. The molecule has 1 aliphatic carbocycles. The van der Waals surface area contributed by atoms with Gasteiger partial charge < -0.3 is 15.4 Å². The number of halogens is 2. The highest BCUT2D eigenvalue weighted by Crippen LogP contribution is 2.35. The molecule has 0 bridgehead atoms. The van der Waals surface area contributed by atoms with Crippen molar-refractivity contribution in [2.24, 2.45) is 0 Å². The van der Waals surface area contributed by atoms with Gasteiger partial charge in [-0.3, -0.25) is 9.59 Å². The fourth-order valence-electron chi connectivity index (χ4n) is 4.91. The van der Waals surface area contributed by atoms with Crippen LogP contribution in [0.1, 0.15) is 86.8 Å². The molecule has 0 aliphatic heterocycles. The molecule has 1 aliphatic rings. The van der Waals surface area contributed by atoms with Crippen LogP contribution in [0.2, 0.25) is 0 Å². The lowest BCUT2D eigenvalue weighted by atomic mass is 9.97. The zero-order valence-corrected chi connectivity index (χ0v) is 23.0. The van der Waals surface area contributed by atoms with Gasteiger partial charge in [-0.15, -0.1) is 0 Å². The van der Waals surface area contributed by atoms with E-state index in [1.165, 1.54) is 30.3 Å². The molecule has 41 heavy (non-hydrogen) atoms. The van der Waals surface area contributed by atoms with Crippen molar-refractivity contribution in [3.05, 3.63) is 99.5 Å². The maximum Gasteiger partial charge on any atom is 0.338 e. The standard InChI is InChI=1S/C30H29F2N5O4/c1-16-19-11-12-23(21(19)10-9-20(16)29(40)41-30(2,3)4)36-28(39)25-13-24(35-26-22(32)15-34-37(25)26)27(38)33-14-17-5-7-18(31)8-6-17/h5-10,13,15,23H,11-12,14H2,1-4H3,(H,33,38)(H,36,39)/t23-/m0/s1. The third-order valence-corrected chi connectivity index (χ3v) is 6.88. The first-order chi connectivity index (χ1) is 19.4. The molecule has 4 aromatic rings. The van der Waals surface area contributed by atoms with E-state index in [2.05, 4.69) is 20.7 Å². The van der Waals surface area contributed by atoms with Gasteiger partial charge in [0.15, 0.2) is 11.5 Å². The number of carbonyl (C=O) groups is 3. The van der Waals surface area contributed by atoms with Gasteiger partial charge in [0.1, 0.15) is 22.8 Å². The zero-order valence-electron chi connectivity index (χ0n) is 23.0. The summed E-state index contributed by atoms with van der Waals surface area (Å²) in [5.74, 6) is -2.80. The number of nitrogens with one attached hydrogen (secondary N) is 2. The summed E-state index contributed by atoms with van der Waals surface area (Å²) in [6.07, 6.45) is 2.15. The normalized spacial score (nSPS) is 14.5. The summed E-state index contributed by atoms with van der Waals surface area (Å²) >= 11 is 0. The summed E-state index contributed by atoms with van der Waals surface area (Å²) in [6, 6.07) is 9.99. The van der Waals surface area contributed by atoms with Gasteiger partial charge in [0.05, 0.1) is 17.8 Å². The Balaban J connectivity index is 1.38. The molecule has 11 heteroatoms. The molecule has 212 valence electrons. The van der Waals surface area contributed by atoms with Crippen LogP contribution in [-0.2, 0) is 17.7 Å². The van der Waals surface area contributed by atoms with E-state index < -0.39 is 35.0 Å². The van der Waals surface area contributed by atoms with Crippen LogP contribution >= 0.6 is 0 Å². The molecular weight excluding hydrogens is 532 g/mol. The summed E-state index contributed by atoms with van der Waals surface area (Å²) in [7, 11) is 0. The Morgan fingerprint density at radius 3 is 2.51 bits per heavy atom. The van der Waals surface area contributed by atoms with Crippen LogP contribution in [0.5, 0.6) is 0 Å². The van der Waals surface area contributed by atoms with Gasteiger partial charge in [0.25, 0.3) is 11.8 Å². The molecule has 2 aromatic carbocycles. The van der Waals surface area contributed by atoms with E-state index in [-0.39, 0.29) is 29.6 Å². The summed E-state index contributed by atoms with van der Waals surface area (Å²) in [5.41, 5.74) is 2.63. The number of rotatable bonds is 6. The summed E-state index contributed by atoms with van der Waals surface area (Å²) in [5, 5.41) is 9.55. The number of ether oxygens (including phenoxy) is 1. The Kier molecular flexibility index (Phi) is 7.29. The molecule has 0 unspecified atom stereocenters. The average molecular weight is 562 g/mol. The van der Waals surface area contributed by atoms with Gasteiger partial charge in [0.2, 0.25) is 0 Å². The largest absolute Gasteiger partial charge is 0.456 e. The number of benzene rings is 2. The fraction of sp³-hybridized carbons (Fsp3) is 0.300. The molecule has 0 fully saturated rings. The van der Waals surface area contributed by atoms with E-state index in [1.807, 2.05) is 13.0 Å². The molecule has 0 radical (unpaired) electrons. The van der Waals surface area contributed by atoms with Crippen molar-refractivity contribution in [3.8, 4) is 0 Å². The highest BCUT2D eigenvalue weighted by molar-refractivity contribution is 5.98. The Bertz CT molecular complexity index is 1680. The minimum Gasteiger partial charge on any atom is -0.456 e. The second-order valence-corrected chi connectivity index (χ2v) is 10.9. The van der Waals surface area contributed by atoms with Gasteiger partial charge in [0, 0.05) is 12.6 Å². The quantitative estimate of drug-likeness (QED) is 0.332. The van der Waals surface area contributed by atoms with E-state index >= 15 is 0 Å². The average Bonchev–Trinajstić information content (AvgIpc) is 3.50. The van der Waals surface area contributed by atoms with Crippen molar-refractivity contribution < 1.29 is 27.9 Å². The van der Waals surface area contributed by atoms with Gasteiger partial charge in [-0.2, -0.15) is 5.10 Å². The topological polar surface area (TPSA) is 115 Å². The minimum atomic E-state index is -0.788. The number of hydrogen-bond donors (Lipinski definition) is 2. The minimum absolute atomic E-state index is 0.0682. The Morgan fingerprint density at radius 2 is 1.80 bits per heavy atom. The Hall–Kier alpha value is -4.67. The monoisotopic (exact) mass is 561 g/mol. The highest BCUT2D eigenvalue weighted by atomic mass is 19.1. The third-order valence-electron chi connectivity index (χ3n) is 6.88. The smallest absolute Gasteiger partial charge is 0.338 e. The lowest BCUT2D eigenvalue weighted by molar-refractivity contribution is 0.00683. The molecule has 2 aromatic heterocycles. The predicted molar refractivity (Wildman–Crippen MR) is 145 cm³/mol. The predicted octanol–water partition coefficient (Wildman–Crippen LogP) is 4.62. The molecule has 2 N–H and O–H groups in total. The SMILES string of the molecule is Cc1c(C(=O)OC(C)(C)C)ccc2c1CC[C@@H]2NC(=O)c1cc(C(=O)NCc2ccc(F)cc2)nc2c(F)cnn12. The van der Waals surface area contributed by atoms with Crippen LogP contribution in [0, 0.1) is 18.6 Å². The van der Waals surface area contributed by atoms with Crippen molar-refractivity contribution in [1.29, 1.82) is 0 Å². The van der Waals surface area contributed by atoms with E-state index in [0.29, 0.717) is 24.0 Å². The Morgan fingerprint density at radius 1 is 1.07 bits per heavy atom. The number of esters is 1. The van der Waals surface area contributed by atoms with Crippen LogP contribution in [0.25, 0.3) is 5.65 Å². The zero-order chi connectivity index (χ0) is 29.5. The number of carbonyl (C=O) groups excluding carboxylic acids is 3. The summed E-state index contributed by atoms with van der Waals surface area (Å²) < 4.78 is 34.3. The summed E-state index contributed by atoms with van der Waals surface area (Å²) in [6.45, 7) is 7.36. The van der Waals surface area contributed by atoms with Crippen LogP contribution in [0.3, 0.4) is 0 Å². The van der Waals surface area contributed by atoms with Gasteiger partial charge in [-0.05, 0) is 81.0 Å². The first kappa shape index (κ1) is 27.9. The molecule has 2 heterocycles. The van der Waals surface area contributed by atoms with Crippen molar-refractivity contribution in [1.82, 2.24) is 25.2 Å². The Labute approximate surface area is 234 Å². The first-order valence-corrected chi connectivity index (χ1v) is 13.1. The second kappa shape index (κ2) is 10.7. The van der Waals surface area contributed by atoms with Crippen molar-refractivity contribution in [3.63, 3.8) is 0 Å². The van der Waals surface area contributed by atoms with Crippen LogP contribution in [0.15, 0.2) is 48.7 Å². The van der Waals surface area contributed by atoms with Crippen LogP contribution < -0.4 is 10.6 Å². The lowest BCUT2D eigenvalue weighted by Crippen LogP contribution is -2.31. The maximum atomic E-state index is 14.5. The molecule has 0 spiro atoms. The molecule has 5 rings (SSSR count). The number of amides is 2. The lowest BCUT2D eigenvalue weighted by Gasteiger charge is -2.21. The number of fused-ring (bicyclic) bond motifs is 2. The van der Waals surface area contributed by atoms with E-state index in [9.17, 15) is 23.2 Å². The highest BCUT2D eigenvalue weighted by Gasteiger charge is 2.30. The maximum absolute atomic E-state index is 14.5. The number of hydrogen-bond acceptors (Lipinski definition) is 6. The van der Waals surface area contributed by atoms with E-state index in [1.54, 1.807) is 26.8 Å². The van der Waals surface area contributed by atoms with Crippen molar-refractivity contribution in [2.45, 2.75) is 58.7 Å². The molecule has 9 nitrogen and oxygen atoms in total. The van der Waals surface area contributed by atoms with Gasteiger partial charge in [-0.1, -0.05) is 18.2 Å². The molecular formula is C30H29F2N5O4. The van der Waals surface area contributed by atoms with E-state index in [0.717, 1.165) is 27.4 Å². The van der Waals surface area contributed by atoms with Gasteiger partial charge >= 0.3 is 5.97 Å². The number of aromatic nitrogens is 3. The van der Waals surface area contributed by atoms with Crippen LogP contribution in [0.4, 0.5) is 8.78 Å². The molecule has 0 saturated heterocycles. The van der Waals surface area contributed by atoms with Crippen molar-refractivity contribution >= 4 is 23.4 Å². The second-order valence-electron chi connectivity index (χ2n) is 10.9. The first-order valence-electron chi connectivity index (χ1n) is 13.1. The third kappa shape index (κ3) is 5.79. The number of nitrogens with zero attached hydrogens (tertiary/aromatic N) is 3. The van der Waals surface area contributed by atoms with Crippen LogP contribution in [-0.4, -0.2) is 38.0 Å². The van der Waals surface area contributed by atoms with E-state index in [4.69, 9.17) is 4.74 Å². The fourth-order valence-corrected chi connectivity index (χ4v) is 4.91. The molecule has 2 amide bonds. The molecule has 1 atom stereocenters. The summed E-state index contributed by atoms with van der Waals surface area (Å²) in [4.78, 5) is 43.1.